The monoisotopic (exact) mass is 460 g/mol. The molecule has 1 aliphatic heterocycles. The van der Waals surface area contributed by atoms with E-state index < -0.39 is 34.6 Å². The van der Waals surface area contributed by atoms with Gasteiger partial charge >= 0.3 is 6.18 Å². The van der Waals surface area contributed by atoms with Gasteiger partial charge in [-0.3, -0.25) is 4.18 Å². The number of hydrogen-bond acceptors (Lipinski definition) is 5. The molecule has 3 rings (SSSR count). The van der Waals surface area contributed by atoms with Gasteiger partial charge < -0.3 is 9.47 Å². The van der Waals surface area contributed by atoms with E-state index in [2.05, 4.69) is 0 Å². The summed E-state index contributed by atoms with van der Waals surface area (Å²) >= 11 is 0. The van der Waals surface area contributed by atoms with Crippen molar-refractivity contribution in [1.82, 2.24) is 0 Å². The zero-order chi connectivity index (χ0) is 22.5. The fraction of sp³-hybridized carbons (Fsp3) is 0.545. The summed E-state index contributed by atoms with van der Waals surface area (Å²) in [5.41, 5.74) is 0.945. The Morgan fingerprint density at radius 1 is 0.968 bits per heavy atom. The van der Waals surface area contributed by atoms with Crippen LogP contribution in [0.3, 0.4) is 0 Å². The Morgan fingerprint density at radius 2 is 1.55 bits per heavy atom. The Labute approximate surface area is 181 Å². The van der Waals surface area contributed by atoms with Gasteiger partial charge in [-0.25, -0.2) is 0 Å². The molecule has 0 aromatic heterocycles. The zero-order valence-electron chi connectivity index (χ0n) is 17.3. The van der Waals surface area contributed by atoms with Gasteiger partial charge in [0, 0.05) is 0 Å². The van der Waals surface area contributed by atoms with Crippen LogP contribution in [0, 0.1) is 18.8 Å². The van der Waals surface area contributed by atoms with E-state index in [1.54, 1.807) is 30.4 Å². The number of benzene rings is 1. The molecule has 9 heteroatoms. The maximum absolute atomic E-state index is 12.7. The van der Waals surface area contributed by atoms with Crippen molar-refractivity contribution in [2.24, 2.45) is 11.8 Å². The molecule has 0 unspecified atom stereocenters. The van der Waals surface area contributed by atoms with Crippen molar-refractivity contribution >= 4 is 10.1 Å². The molecule has 0 spiro atoms. The van der Waals surface area contributed by atoms with Gasteiger partial charge in [0.15, 0.2) is 6.29 Å². The standard InChI is InChI=1S/C22H27F3O5S/c1-16-6-12-20(13-7-16)31(26,27)30-19-14-28-21(29-15-19)5-3-2-4-17-8-10-18(11-9-17)22(23,24)25/h2-7,12-13,17-19,21H,8-11,14-15H2,1H3/b4-2+,5-3+. The highest BCUT2D eigenvalue weighted by molar-refractivity contribution is 7.86. The molecule has 31 heavy (non-hydrogen) atoms. The van der Waals surface area contributed by atoms with Crippen LogP contribution >= 0.6 is 0 Å². The van der Waals surface area contributed by atoms with Crippen molar-refractivity contribution in [2.45, 2.75) is 56.1 Å². The summed E-state index contributed by atoms with van der Waals surface area (Å²) in [6.07, 6.45) is 3.02. The smallest absolute Gasteiger partial charge is 0.346 e. The largest absolute Gasteiger partial charge is 0.391 e. The third-order valence-electron chi connectivity index (χ3n) is 5.46. The van der Waals surface area contributed by atoms with Crippen LogP contribution in [0.4, 0.5) is 13.2 Å². The van der Waals surface area contributed by atoms with Crippen LogP contribution in [0.5, 0.6) is 0 Å². The maximum atomic E-state index is 12.7. The highest BCUT2D eigenvalue weighted by Gasteiger charge is 2.40. The van der Waals surface area contributed by atoms with Crippen LogP contribution in [-0.2, 0) is 23.8 Å². The van der Waals surface area contributed by atoms with Gasteiger partial charge in [0.05, 0.1) is 24.0 Å². The van der Waals surface area contributed by atoms with Crippen LogP contribution in [-0.4, -0.2) is 40.2 Å². The molecule has 0 bridgehead atoms. The van der Waals surface area contributed by atoms with E-state index in [9.17, 15) is 21.6 Å². The van der Waals surface area contributed by atoms with E-state index in [1.807, 2.05) is 13.0 Å². The summed E-state index contributed by atoms with van der Waals surface area (Å²) in [6, 6.07) is 6.37. The van der Waals surface area contributed by atoms with Crippen molar-refractivity contribution in [2.75, 3.05) is 13.2 Å². The highest BCUT2D eigenvalue weighted by Crippen LogP contribution is 2.39. The number of rotatable bonds is 6. The average Bonchev–Trinajstić information content (AvgIpc) is 2.72. The molecule has 1 aliphatic carbocycles. The number of hydrogen-bond donors (Lipinski definition) is 0. The highest BCUT2D eigenvalue weighted by atomic mass is 32.2. The molecule has 0 radical (unpaired) electrons. The second kappa shape index (κ2) is 10.3. The maximum Gasteiger partial charge on any atom is 0.391 e. The normalized spacial score (nSPS) is 28.4. The SMILES string of the molecule is Cc1ccc(S(=O)(=O)OC2COC(/C=C/C=C/C3CCC(C(F)(F)F)CC3)OC2)cc1. The Hall–Kier alpha value is -1.68. The number of ether oxygens (including phenoxy) is 2. The van der Waals surface area contributed by atoms with E-state index in [4.69, 9.17) is 13.7 Å². The van der Waals surface area contributed by atoms with Gasteiger partial charge in [-0.2, -0.15) is 21.6 Å². The Bertz CT molecular complexity index is 861. The molecule has 5 nitrogen and oxygen atoms in total. The first-order valence-corrected chi connectivity index (χ1v) is 11.7. The Morgan fingerprint density at radius 3 is 2.13 bits per heavy atom. The fourth-order valence-electron chi connectivity index (χ4n) is 3.62. The summed E-state index contributed by atoms with van der Waals surface area (Å²) in [6.45, 7) is 1.98. The molecule has 0 amide bonds. The van der Waals surface area contributed by atoms with E-state index in [1.165, 1.54) is 12.1 Å². The third kappa shape index (κ3) is 7.17. The molecule has 1 aromatic rings. The third-order valence-corrected chi connectivity index (χ3v) is 6.84. The number of halogens is 3. The van der Waals surface area contributed by atoms with E-state index in [0.717, 1.165) is 5.56 Å². The molecule has 1 saturated carbocycles. The average molecular weight is 461 g/mol. The minimum Gasteiger partial charge on any atom is -0.346 e. The van der Waals surface area contributed by atoms with Gasteiger partial charge in [0.2, 0.25) is 0 Å². The van der Waals surface area contributed by atoms with Gasteiger partial charge in [-0.05, 0) is 56.7 Å². The first kappa shape index (κ1) is 24.0. The summed E-state index contributed by atoms with van der Waals surface area (Å²) in [4.78, 5) is 0.0783. The molecule has 172 valence electrons. The Balaban J connectivity index is 1.39. The van der Waals surface area contributed by atoms with E-state index in [0.29, 0.717) is 12.8 Å². The molecule has 1 aromatic carbocycles. The van der Waals surface area contributed by atoms with Gasteiger partial charge in [-0.1, -0.05) is 35.9 Å². The summed E-state index contributed by atoms with van der Waals surface area (Å²) in [5.74, 6) is -1.04. The fourth-order valence-corrected chi connectivity index (χ4v) is 4.67. The summed E-state index contributed by atoms with van der Waals surface area (Å²) < 4.78 is 78.9. The molecule has 2 aliphatic rings. The van der Waals surface area contributed by atoms with Crippen LogP contribution in [0.1, 0.15) is 31.2 Å². The first-order valence-electron chi connectivity index (χ1n) is 10.3. The number of alkyl halides is 3. The lowest BCUT2D eigenvalue weighted by Crippen LogP contribution is -2.37. The second-order valence-electron chi connectivity index (χ2n) is 7.94. The molecular formula is C22H27F3O5S. The molecule has 2 fully saturated rings. The van der Waals surface area contributed by atoms with Crippen LogP contribution in [0.2, 0.25) is 0 Å². The summed E-state index contributed by atoms with van der Waals surface area (Å²) in [7, 11) is -3.90. The first-order chi connectivity index (χ1) is 14.6. The van der Waals surface area contributed by atoms with Crippen molar-refractivity contribution < 1.29 is 35.2 Å². The van der Waals surface area contributed by atoms with Crippen molar-refractivity contribution in [3.63, 3.8) is 0 Å². The van der Waals surface area contributed by atoms with Crippen molar-refractivity contribution in [1.29, 1.82) is 0 Å². The minimum absolute atomic E-state index is 0.0608. The lowest BCUT2D eigenvalue weighted by Gasteiger charge is -2.28. The van der Waals surface area contributed by atoms with Crippen LogP contribution < -0.4 is 0 Å². The van der Waals surface area contributed by atoms with Gasteiger partial charge in [0.25, 0.3) is 10.1 Å². The minimum atomic E-state index is -4.09. The molecule has 1 heterocycles. The molecule has 0 N–H and O–H groups in total. The lowest BCUT2D eigenvalue weighted by atomic mass is 9.81. The Kier molecular flexibility index (Phi) is 7.96. The predicted molar refractivity (Wildman–Crippen MR) is 109 cm³/mol. The topological polar surface area (TPSA) is 61.8 Å². The van der Waals surface area contributed by atoms with Crippen LogP contribution in [0.25, 0.3) is 0 Å². The summed E-state index contributed by atoms with van der Waals surface area (Å²) in [5, 5.41) is 0. The van der Waals surface area contributed by atoms with E-state index in [-0.39, 0.29) is 36.9 Å². The van der Waals surface area contributed by atoms with E-state index >= 15 is 0 Å². The van der Waals surface area contributed by atoms with Gasteiger partial charge in [-0.15, -0.1) is 0 Å². The molecule has 0 atom stereocenters. The van der Waals surface area contributed by atoms with Gasteiger partial charge in [0.1, 0.15) is 6.10 Å². The number of aryl methyl sites for hydroxylation is 1. The van der Waals surface area contributed by atoms with Crippen LogP contribution in [0.15, 0.2) is 53.5 Å². The number of allylic oxidation sites excluding steroid dienone is 3. The zero-order valence-corrected chi connectivity index (χ0v) is 18.1. The molecular weight excluding hydrogens is 433 g/mol. The predicted octanol–water partition coefficient (Wildman–Crippen LogP) is 4.92. The lowest BCUT2D eigenvalue weighted by molar-refractivity contribution is -0.186. The van der Waals surface area contributed by atoms with Crippen molar-refractivity contribution in [3.05, 3.63) is 54.1 Å². The molecule has 1 saturated heterocycles. The van der Waals surface area contributed by atoms with Crippen molar-refractivity contribution in [3.8, 4) is 0 Å². The second-order valence-corrected chi connectivity index (χ2v) is 9.52. The quantitative estimate of drug-likeness (QED) is 0.445.